The zero-order valence-corrected chi connectivity index (χ0v) is 27.5. The van der Waals surface area contributed by atoms with Gasteiger partial charge in [-0.3, -0.25) is 14.2 Å². The van der Waals surface area contributed by atoms with Gasteiger partial charge in [0.2, 0.25) is 21.9 Å². The molecule has 0 saturated carbocycles. The van der Waals surface area contributed by atoms with Crippen LogP contribution in [0.1, 0.15) is 64.7 Å². The van der Waals surface area contributed by atoms with Gasteiger partial charge in [-0.1, -0.05) is 17.7 Å². The van der Waals surface area contributed by atoms with Crippen molar-refractivity contribution in [1.82, 2.24) is 29.2 Å². The predicted molar refractivity (Wildman–Crippen MR) is 173 cm³/mol. The fourth-order valence-corrected chi connectivity index (χ4v) is 6.17. The first-order valence-corrected chi connectivity index (χ1v) is 16.6. The average molecular weight is 655 g/mol. The number of carbonyl (C=O) groups excluding carboxylic acids is 1. The number of benzene rings is 1. The smallest absolute Gasteiger partial charge is 0.285 e. The molecular formula is C30H35ClN8O5S. The summed E-state index contributed by atoms with van der Waals surface area (Å²) in [5, 5.41) is 3.74. The summed E-state index contributed by atoms with van der Waals surface area (Å²) in [6.07, 6.45) is 4.22. The minimum Gasteiger partial charge on any atom is -0.481 e. The van der Waals surface area contributed by atoms with Crippen molar-refractivity contribution in [2.45, 2.75) is 45.6 Å². The third kappa shape index (κ3) is 6.86. The van der Waals surface area contributed by atoms with Gasteiger partial charge in [-0.25, -0.2) is 28.1 Å². The molecule has 1 atom stereocenters. The molecule has 0 radical (unpaired) electrons. The highest BCUT2D eigenvalue weighted by molar-refractivity contribution is 7.89. The molecule has 1 aliphatic rings. The molecule has 4 heterocycles. The van der Waals surface area contributed by atoms with Crippen molar-refractivity contribution < 1.29 is 17.9 Å². The van der Waals surface area contributed by atoms with E-state index in [2.05, 4.69) is 25.2 Å². The second-order valence-corrected chi connectivity index (χ2v) is 13.4. The Bertz CT molecular complexity index is 1960. The lowest BCUT2D eigenvalue weighted by molar-refractivity contribution is 0.0977. The summed E-state index contributed by atoms with van der Waals surface area (Å²) in [7, 11) is -0.519. The van der Waals surface area contributed by atoms with Crippen molar-refractivity contribution in [1.29, 1.82) is 0 Å². The number of pyridine rings is 1. The zero-order valence-electron chi connectivity index (χ0n) is 25.9. The molecule has 1 aromatic carbocycles. The Labute approximate surface area is 266 Å². The fraction of sp³-hybridized carbons (Fsp3) is 0.400. The third-order valence-electron chi connectivity index (χ3n) is 7.80. The van der Waals surface area contributed by atoms with Crippen LogP contribution in [0.5, 0.6) is 5.88 Å². The van der Waals surface area contributed by atoms with E-state index in [9.17, 15) is 18.0 Å². The number of methoxy groups -OCH3 is 1. The van der Waals surface area contributed by atoms with Gasteiger partial charge in [-0.05, 0) is 57.4 Å². The third-order valence-corrected chi connectivity index (χ3v) is 8.57. The standard InChI is InChI=1S/C30H35ClN8O5S/c1-16-13-20(18(3)33-22-7-8-23(31)34-25(22)27(40)37-45(6,42)43)24-21(14-16)29(41)38(4)30(35-24)39-11-9-19(10-12-39)26-32-15-17(2)28(36-26)44-5/h7-8,13-15,18-19,33H,9-12H2,1-6H3,(H,37,40)/t18-/m1/s1. The van der Waals surface area contributed by atoms with Crippen LogP contribution < -0.4 is 25.2 Å². The normalized spacial score (nSPS) is 14.8. The lowest BCUT2D eigenvalue weighted by Gasteiger charge is -2.33. The average Bonchev–Trinajstić information content (AvgIpc) is 2.99. The zero-order chi connectivity index (χ0) is 32.6. The number of hydrogen-bond acceptors (Lipinski definition) is 11. The van der Waals surface area contributed by atoms with E-state index < -0.39 is 22.0 Å². The van der Waals surface area contributed by atoms with Crippen LogP contribution in [0.2, 0.25) is 5.15 Å². The molecule has 3 aromatic heterocycles. The Morgan fingerprint density at radius 3 is 2.51 bits per heavy atom. The minimum absolute atomic E-state index is 0.0273. The molecular weight excluding hydrogens is 620 g/mol. The summed E-state index contributed by atoms with van der Waals surface area (Å²) in [5.41, 5.74) is 2.89. The van der Waals surface area contributed by atoms with Crippen LogP contribution in [-0.4, -0.2) is 65.3 Å². The quantitative estimate of drug-likeness (QED) is 0.267. The highest BCUT2D eigenvalue weighted by atomic mass is 35.5. The van der Waals surface area contributed by atoms with Gasteiger partial charge in [-0.2, -0.15) is 4.98 Å². The number of rotatable bonds is 8. The number of anilines is 2. The molecule has 238 valence electrons. The second-order valence-electron chi connectivity index (χ2n) is 11.3. The lowest BCUT2D eigenvalue weighted by Crippen LogP contribution is -2.38. The molecule has 2 N–H and O–H groups in total. The van der Waals surface area contributed by atoms with Crippen molar-refractivity contribution >= 4 is 50.1 Å². The molecule has 45 heavy (non-hydrogen) atoms. The molecule has 0 bridgehead atoms. The van der Waals surface area contributed by atoms with E-state index in [1.165, 1.54) is 6.07 Å². The van der Waals surface area contributed by atoms with Crippen LogP contribution in [0.25, 0.3) is 10.9 Å². The van der Waals surface area contributed by atoms with Crippen LogP contribution in [0.4, 0.5) is 11.6 Å². The largest absolute Gasteiger partial charge is 0.481 e. The lowest BCUT2D eigenvalue weighted by atomic mass is 9.96. The number of nitrogens with one attached hydrogen (secondary N) is 2. The molecule has 0 unspecified atom stereocenters. The molecule has 1 amide bonds. The van der Waals surface area contributed by atoms with Gasteiger partial charge in [0.15, 0.2) is 5.69 Å². The maximum Gasteiger partial charge on any atom is 0.285 e. The monoisotopic (exact) mass is 654 g/mol. The summed E-state index contributed by atoms with van der Waals surface area (Å²) in [6, 6.07) is 6.33. The Morgan fingerprint density at radius 1 is 1.13 bits per heavy atom. The number of hydrogen-bond donors (Lipinski definition) is 2. The number of nitrogens with zero attached hydrogens (tertiary/aromatic N) is 6. The fourth-order valence-electron chi connectivity index (χ4n) is 5.59. The van der Waals surface area contributed by atoms with Crippen LogP contribution >= 0.6 is 11.6 Å². The molecule has 4 aromatic rings. The summed E-state index contributed by atoms with van der Waals surface area (Å²) in [5.74, 6) is 1.10. The number of ether oxygens (including phenoxy) is 1. The number of aromatic nitrogens is 5. The summed E-state index contributed by atoms with van der Waals surface area (Å²) < 4.78 is 32.3. The first kappa shape index (κ1) is 32.1. The first-order valence-electron chi connectivity index (χ1n) is 14.3. The molecule has 1 aliphatic heterocycles. The highest BCUT2D eigenvalue weighted by Crippen LogP contribution is 2.32. The van der Waals surface area contributed by atoms with E-state index in [0.717, 1.165) is 41.6 Å². The number of piperidine rings is 1. The van der Waals surface area contributed by atoms with Gasteiger partial charge in [0, 0.05) is 43.4 Å². The second kappa shape index (κ2) is 12.6. The molecule has 0 aliphatic carbocycles. The summed E-state index contributed by atoms with van der Waals surface area (Å²) >= 11 is 6.04. The molecule has 1 fully saturated rings. The van der Waals surface area contributed by atoms with Gasteiger partial charge < -0.3 is 15.0 Å². The maximum atomic E-state index is 13.7. The number of carbonyl (C=O) groups is 1. The Morgan fingerprint density at radius 2 is 1.84 bits per heavy atom. The van der Waals surface area contributed by atoms with Crippen molar-refractivity contribution in [3.8, 4) is 5.88 Å². The number of aryl methyl sites for hydroxylation is 2. The van der Waals surface area contributed by atoms with Crippen LogP contribution in [0.3, 0.4) is 0 Å². The van der Waals surface area contributed by atoms with E-state index in [1.54, 1.807) is 31.0 Å². The molecule has 1 saturated heterocycles. The summed E-state index contributed by atoms with van der Waals surface area (Å²) in [6.45, 7) is 6.97. The van der Waals surface area contributed by atoms with Gasteiger partial charge in [0.1, 0.15) is 11.0 Å². The Balaban J connectivity index is 1.47. The molecule has 5 rings (SSSR count). The number of fused-ring (bicyclic) bond motifs is 1. The van der Waals surface area contributed by atoms with Crippen LogP contribution in [0.15, 0.2) is 35.3 Å². The van der Waals surface area contributed by atoms with E-state index >= 15 is 0 Å². The van der Waals surface area contributed by atoms with Crippen molar-refractivity contribution in [3.05, 3.63) is 74.2 Å². The van der Waals surface area contributed by atoms with Gasteiger partial charge in [0.25, 0.3) is 11.5 Å². The molecule has 0 spiro atoms. The van der Waals surface area contributed by atoms with Crippen molar-refractivity contribution in [3.63, 3.8) is 0 Å². The number of halogens is 1. The minimum atomic E-state index is -3.84. The van der Waals surface area contributed by atoms with E-state index in [4.69, 9.17) is 21.3 Å². The summed E-state index contributed by atoms with van der Waals surface area (Å²) in [4.78, 5) is 46.8. The first-order chi connectivity index (χ1) is 21.3. The Kier molecular flexibility index (Phi) is 8.99. The maximum absolute atomic E-state index is 13.7. The van der Waals surface area contributed by atoms with Crippen LogP contribution in [-0.2, 0) is 17.1 Å². The van der Waals surface area contributed by atoms with E-state index in [-0.39, 0.29) is 28.0 Å². The SMILES string of the molecule is COc1nc(C2CCN(c3nc4c([C@@H](C)Nc5ccc(Cl)nc5C(=O)NS(C)(=O)=O)cc(C)cc4c(=O)n3C)CC2)ncc1C. The highest BCUT2D eigenvalue weighted by Gasteiger charge is 2.27. The van der Waals surface area contributed by atoms with Gasteiger partial charge in [-0.15, -0.1) is 0 Å². The Hall–Kier alpha value is -4.30. The van der Waals surface area contributed by atoms with Gasteiger partial charge in [0.05, 0.1) is 36.0 Å². The van der Waals surface area contributed by atoms with E-state index in [1.807, 2.05) is 37.6 Å². The van der Waals surface area contributed by atoms with Gasteiger partial charge >= 0.3 is 0 Å². The topological polar surface area (TPSA) is 161 Å². The molecule has 15 heteroatoms. The van der Waals surface area contributed by atoms with Crippen molar-refractivity contribution in [2.75, 3.05) is 36.7 Å². The van der Waals surface area contributed by atoms with E-state index in [0.29, 0.717) is 35.8 Å². The van der Waals surface area contributed by atoms with Crippen molar-refractivity contribution in [2.24, 2.45) is 7.05 Å². The number of amides is 1. The molecule has 13 nitrogen and oxygen atoms in total. The number of sulfonamides is 1. The van der Waals surface area contributed by atoms with Crippen LogP contribution in [0, 0.1) is 13.8 Å². The predicted octanol–water partition coefficient (Wildman–Crippen LogP) is 3.64.